The van der Waals surface area contributed by atoms with E-state index >= 15 is 0 Å². The summed E-state index contributed by atoms with van der Waals surface area (Å²) in [6.45, 7) is 4.26. The molecule has 14 heavy (non-hydrogen) atoms. The highest BCUT2D eigenvalue weighted by Gasteiger charge is 1.94. The van der Waals surface area contributed by atoms with Crippen molar-refractivity contribution in [2.24, 2.45) is 5.16 Å². The highest BCUT2D eigenvalue weighted by molar-refractivity contribution is 7.99. The fourth-order valence-electron chi connectivity index (χ4n) is 1.15. The van der Waals surface area contributed by atoms with Gasteiger partial charge in [-0.2, -0.15) is 11.8 Å². The first kappa shape index (κ1) is 13.8. The van der Waals surface area contributed by atoms with Gasteiger partial charge in [0.05, 0.1) is 5.71 Å². The Kier molecular flexibility index (Phi) is 10.8. The smallest absolute Gasteiger partial charge is 0.106 e. The predicted octanol–water partition coefficient (Wildman–Crippen LogP) is 3.71. The molecule has 0 aromatic carbocycles. The van der Waals surface area contributed by atoms with Crippen LogP contribution in [-0.4, -0.2) is 24.3 Å². The summed E-state index contributed by atoms with van der Waals surface area (Å²) >= 11 is 2.02. The first-order valence-electron chi connectivity index (χ1n) is 5.45. The lowest BCUT2D eigenvalue weighted by Crippen LogP contribution is -1.95. The molecule has 0 N–H and O–H groups in total. The number of unbranched alkanes of at least 4 members (excludes halogenated alkanes) is 3. The zero-order valence-electron chi connectivity index (χ0n) is 9.71. The summed E-state index contributed by atoms with van der Waals surface area (Å²) in [7, 11) is 1.60. The molecule has 0 aromatic rings. The highest BCUT2D eigenvalue weighted by atomic mass is 32.2. The predicted molar refractivity (Wildman–Crippen MR) is 66.2 cm³/mol. The Bertz CT molecular complexity index is 148. The molecule has 0 bridgehead atoms. The highest BCUT2D eigenvalue weighted by Crippen LogP contribution is 2.09. The second kappa shape index (κ2) is 10.9. The van der Waals surface area contributed by atoms with Crippen LogP contribution in [0.5, 0.6) is 0 Å². The lowest BCUT2D eigenvalue weighted by molar-refractivity contribution is 0.212. The Hall–Kier alpha value is -0.180. The molecule has 0 fully saturated rings. The van der Waals surface area contributed by atoms with Crippen LogP contribution in [0.3, 0.4) is 0 Å². The van der Waals surface area contributed by atoms with E-state index in [0.29, 0.717) is 0 Å². The van der Waals surface area contributed by atoms with E-state index in [-0.39, 0.29) is 0 Å². The van der Waals surface area contributed by atoms with E-state index in [9.17, 15) is 0 Å². The van der Waals surface area contributed by atoms with Gasteiger partial charge in [-0.25, -0.2) is 0 Å². The standard InChI is InChI=1S/C11H23NOS/c1-4-5-6-7-9-14-10-8-11(2)12-13-3/h4-10H2,1-3H3. The van der Waals surface area contributed by atoms with E-state index in [1.807, 2.05) is 18.7 Å². The minimum Gasteiger partial charge on any atom is -0.399 e. The molecule has 0 amide bonds. The molecule has 0 aliphatic rings. The molecule has 0 heterocycles. The molecule has 2 nitrogen and oxygen atoms in total. The Morgan fingerprint density at radius 1 is 1.21 bits per heavy atom. The average molecular weight is 217 g/mol. The fraction of sp³-hybridized carbons (Fsp3) is 0.909. The van der Waals surface area contributed by atoms with Crippen molar-refractivity contribution in [2.45, 2.75) is 46.0 Å². The normalized spacial score (nSPS) is 11.8. The number of nitrogens with zero attached hydrogens (tertiary/aromatic N) is 1. The Balaban J connectivity index is 3.09. The van der Waals surface area contributed by atoms with Crippen molar-refractivity contribution >= 4 is 17.5 Å². The minimum absolute atomic E-state index is 1.05. The maximum atomic E-state index is 4.69. The zero-order valence-corrected chi connectivity index (χ0v) is 10.5. The number of rotatable bonds is 9. The van der Waals surface area contributed by atoms with Crippen LogP contribution in [0.25, 0.3) is 0 Å². The largest absolute Gasteiger partial charge is 0.399 e. The summed E-state index contributed by atoms with van der Waals surface area (Å²) in [4.78, 5) is 4.69. The second-order valence-corrected chi connectivity index (χ2v) is 4.66. The van der Waals surface area contributed by atoms with E-state index in [2.05, 4.69) is 12.1 Å². The molecule has 0 aliphatic carbocycles. The third-order valence-electron chi connectivity index (χ3n) is 2.00. The number of oxime groups is 1. The van der Waals surface area contributed by atoms with E-state index in [4.69, 9.17) is 4.84 Å². The maximum absolute atomic E-state index is 4.69. The lowest BCUT2D eigenvalue weighted by Gasteiger charge is -2.01. The molecule has 0 unspecified atom stereocenters. The van der Waals surface area contributed by atoms with Crippen LogP contribution >= 0.6 is 11.8 Å². The van der Waals surface area contributed by atoms with Gasteiger partial charge in [0.15, 0.2) is 0 Å². The van der Waals surface area contributed by atoms with Crippen LogP contribution in [0.2, 0.25) is 0 Å². The molecule has 0 saturated heterocycles. The first-order chi connectivity index (χ1) is 6.81. The summed E-state index contributed by atoms with van der Waals surface area (Å²) in [6, 6.07) is 0. The van der Waals surface area contributed by atoms with E-state index in [1.54, 1.807) is 7.11 Å². The number of hydrogen-bond acceptors (Lipinski definition) is 3. The van der Waals surface area contributed by atoms with Crippen LogP contribution in [-0.2, 0) is 4.84 Å². The van der Waals surface area contributed by atoms with Crippen molar-refractivity contribution in [1.82, 2.24) is 0 Å². The van der Waals surface area contributed by atoms with Crippen LogP contribution in [0.1, 0.15) is 46.0 Å². The van der Waals surface area contributed by atoms with Crippen LogP contribution in [0, 0.1) is 0 Å². The summed E-state index contributed by atoms with van der Waals surface area (Å²) in [5.74, 6) is 2.46. The van der Waals surface area contributed by atoms with Crippen molar-refractivity contribution in [3.05, 3.63) is 0 Å². The SMILES string of the molecule is CCCCCCSCCC(C)=NOC. The molecular weight excluding hydrogens is 194 g/mol. The Morgan fingerprint density at radius 3 is 2.64 bits per heavy atom. The average Bonchev–Trinajstić information content (AvgIpc) is 2.17. The van der Waals surface area contributed by atoms with E-state index in [1.165, 1.54) is 37.2 Å². The Morgan fingerprint density at radius 2 is 2.00 bits per heavy atom. The van der Waals surface area contributed by atoms with Crippen LogP contribution in [0.15, 0.2) is 5.16 Å². The van der Waals surface area contributed by atoms with Crippen molar-refractivity contribution in [3.8, 4) is 0 Å². The van der Waals surface area contributed by atoms with E-state index in [0.717, 1.165) is 12.1 Å². The fourth-order valence-corrected chi connectivity index (χ4v) is 2.21. The van der Waals surface area contributed by atoms with Crippen LogP contribution in [0.4, 0.5) is 0 Å². The van der Waals surface area contributed by atoms with Gasteiger partial charge in [0.25, 0.3) is 0 Å². The zero-order chi connectivity index (χ0) is 10.6. The van der Waals surface area contributed by atoms with Gasteiger partial charge >= 0.3 is 0 Å². The molecule has 84 valence electrons. The summed E-state index contributed by atoms with van der Waals surface area (Å²) in [6.07, 6.45) is 6.49. The van der Waals surface area contributed by atoms with Gasteiger partial charge in [-0.3, -0.25) is 0 Å². The second-order valence-electron chi connectivity index (χ2n) is 3.43. The van der Waals surface area contributed by atoms with Crippen molar-refractivity contribution < 1.29 is 4.84 Å². The van der Waals surface area contributed by atoms with Gasteiger partial charge in [0.2, 0.25) is 0 Å². The topological polar surface area (TPSA) is 21.6 Å². The van der Waals surface area contributed by atoms with Crippen molar-refractivity contribution in [3.63, 3.8) is 0 Å². The van der Waals surface area contributed by atoms with Gasteiger partial charge in [0.1, 0.15) is 7.11 Å². The summed E-state index contributed by atoms with van der Waals surface area (Å²) < 4.78 is 0. The Labute approximate surface area is 92.5 Å². The van der Waals surface area contributed by atoms with Gasteiger partial charge in [-0.05, 0) is 31.3 Å². The minimum atomic E-state index is 1.05. The third-order valence-corrected chi connectivity index (χ3v) is 3.07. The molecule has 3 heteroatoms. The monoisotopic (exact) mass is 217 g/mol. The molecule has 0 spiro atoms. The van der Waals surface area contributed by atoms with Crippen LogP contribution < -0.4 is 0 Å². The van der Waals surface area contributed by atoms with Gasteiger partial charge in [-0.15, -0.1) is 0 Å². The first-order valence-corrected chi connectivity index (χ1v) is 6.61. The third kappa shape index (κ3) is 9.90. The van der Waals surface area contributed by atoms with Gasteiger partial charge in [-0.1, -0.05) is 31.3 Å². The molecular formula is C11H23NOS. The van der Waals surface area contributed by atoms with Gasteiger partial charge in [0, 0.05) is 0 Å². The quantitative estimate of drug-likeness (QED) is 0.333. The van der Waals surface area contributed by atoms with Crippen molar-refractivity contribution in [2.75, 3.05) is 18.6 Å². The summed E-state index contributed by atoms with van der Waals surface area (Å²) in [5, 5.41) is 3.88. The van der Waals surface area contributed by atoms with Gasteiger partial charge < -0.3 is 4.84 Å². The van der Waals surface area contributed by atoms with E-state index < -0.39 is 0 Å². The number of hydrogen-bond donors (Lipinski definition) is 0. The molecule has 0 atom stereocenters. The number of thioether (sulfide) groups is 1. The maximum Gasteiger partial charge on any atom is 0.106 e. The molecule has 0 rings (SSSR count). The molecule has 0 aliphatic heterocycles. The molecule has 0 aromatic heterocycles. The lowest BCUT2D eigenvalue weighted by atomic mass is 10.2. The molecule has 0 saturated carbocycles. The van der Waals surface area contributed by atoms with Crippen molar-refractivity contribution in [1.29, 1.82) is 0 Å². The molecule has 0 radical (unpaired) electrons. The summed E-state index contributed by atoms with van der Waals surface area (Å²) in [5.41, 5.74) is 1.09.